The van der Waals surface area contributed by atoms with Crippen LogP contribution in [0, 0.1) is 17.0 Å². The average Bonchev–Trinajstić information content (AvgIpc) is 2.51. The Kier molecular flexibility index (Phi) is 5.25. The zero-order valence-corrected chi connectivity index (χ0v) is 13.6. The van der Waals surface area contributed by atoms with Crippen molar-refractivity contribution >= 4 is 46.2 Å². The fourth-order valence-corrected chi connectivity index (χ4v) is 2.17. The number of carbonyl (C=O) groups excluding carboxylic acids is 1. The smallest absolute Gasteiger partial charge is 0.269 e. The van der Waals surface area contributed by atoms with Crippen LogP contribution in [0.25, 0.3) is 0 Å². The number of nitro groups is 1. The molecule has 6 nitrogen and oxygen atoms in total. The van der Waals surface area contributed by atoms with Gasteiger partial charge in [0.1, 0.15) is 0 Å². The summed E-state index contributed by atoms with van der Waals surface area (Å²) in [6.07, 6.45) is 0. The van der Waals surface area contributed by atoms with Crippen LogP contribution >= 0.6 is 23.8 Å². The van der Waals surface area contributed by atoms with Gasteiger partial charge in [-0.3, -0.25) is 20.2 Å². The average molecular weight is 350 g/mol. The lowest BCUT2D eigenvalue weighted by Crippen LogP contribution is -2.34. The Hall–Kier alpha value is -2.51. The minimum Gasteiger partial charge on any atom is -0.332 e. The molecule has 118 valence electrons. The molecule has 2 aromatic carbocycles. The fourth-order valence-electron chi connectivity index (χ4n) is 1.79. The molecule has 0 aromatic heterocycles. The number of thiocarbonyl (C=S) groups is 1. The minimum atomic E-state index is -0.532. The van der Waals surface area contributed by atoms with E-state index >= 15 is 0 Å². The lowest BCUT2D eigenvalue weighted by Gasteiger charge is -2.12. The summed E-state index contributed by atoms with van der Waals surface area (Å²) >= 11 is 11.0. The van der Waals surface area contributed by atoms with Gasteiger partial charge in [-0.15, -0.1) is 0 Å². The lowest BCUT2D eigenvalue weighted by atomic mass is 10.2. The third-order valence-electron chi connectivity index (χ3n) is 3.02. The Balaban J connectivity index is 2.03. The van der Waals surface area contributed by atoms with Crippen molar-refractivity contribution in [2.24, 2.45) is 0 Å². The van der Waals surface area contributed by atoms with E-state index in [1.807, 2.05) is 13.0 Å². The molecule has 0 unspecified atom stereocenters. The summed E-state index contributed by atoms with van der Waals surface area (Å²) in [4.78, 5) is 22.1. The molecule has 0 saturated heterocycles. The van der Waals surface area contributed by atoms with E-state index in [2.05, 4.69) is 10.6 Å². The van der Waals surface area contributed by atoms with E-state index < -0.39 is 10.8 Å². The van der Waals surface area contributed by atoms with Gasteiger partial charge < -0.3 is 5.32 Å². The molecule has 0 radical (unpaired) electrons. The van der Waals surface area contributed by atoms with Gasteiger partial charge in [-0.05, 0) is 49.0 Å². The Morgan fingerprint density at radius 3 is 2.48 bits per heavy atom. The highest BCUT2D eigenvalue weighted by atomic mass is 35.5. The molecule has 0 atom stereocenters. The molecule has 0 spiro atoms. The molecule has 2 aromatic rings. The summed E-state index contributed by atoms with van der Waals surface area (Å²) in [5, 5.41) is 16.6. The number of amides is 1. The fraction of sp³-hybridized carbons (Fsp3) is 0.0667. The summed E-state index contributed by atoms with van der Waals surface area (Å²) in [7, 11) is 0. The van der Waals surface area contributed by atoms with Crippen LogP contribution in [0.4, 0.5) is 11.4 Å². The van der Waals surface area contributed by atoms with Crippen LogP contribution in [0.2, 0.25) is 5.02 Å². The molecule has 2 N–H and O–H groups in total. The van der Waals surface area contributed by atoms with Crippen LogP contribution in [0.5, 0.6) is 0 Å². The van der Waals surface area contributed by atoms with E-state index in [4.69, 9.17) is 23.8 Å². The van der Waals surface area contributed by atoms with Crippen molar-refractivity contribution < 1.29 is 9.72 Å². The number of aryl methyl sites for hydroxylation is 1. The van der Waals surface area contributed by atoms with E-state index in [0.29, 0.717) is 10.7 Å². The zero-order chi connectivity index (χ0) is 17.0. The van der Waals surface area contributed by atoms with Gasteiger partial charge in [-0.2, -0.15) is 0 Å². The third kappa shape index (κ3) is 4.48. The van der Waals surface area contributed by atoms with Gasteiger partial charge in [0, 0.05) is 28.4 Å². The Morgan fingerprint density at radius 1 is 1.22 bits per heavy atom. The van der Waals surface area contributed by atoms with E-state index in [1.54, 1.807) is 12.1 Å². The number of nitrogens with zero attached hydrogens (tertiary/aromatic N) is 1. The number of halogens is 1. The highest BCUT2D eigenvalue weighted by Gasteiger charge is 2.11. The van der Waals surface area contributed by atoms with Crippen molar-refractivity contribution in [3.05, 3.63) is 68.7 Å². The van der Waals surface area contributed by atoms with E-state index in [-0.39, 0.29) is 16.4 Å². The van der Waals surface area contributed by atoms with Crippen molar-refractivity contribution in [1.29, 1.82) is 0 Å². The van der Waals surface area contributed by atoms with Crippen LogP contribution in [0.15, 0.2) is 42.5 Å². The predicted molar refractivity (Wildman–Crippen MR) is 93.0 cm³/mol. The molecule has 0 heterocycles. The molecule has 0 aliphatic rings. The van der Waals surface area contributed by atoms with Crippen LogP contribution < -0.4 is 10.6 Å². The van der Waals surface area contributed by atoms with E-state index in [1.165, 1.54) is 24.3 Å². The summed E-state index contributed by atoms with van der Waals surface area (Å²) in [5.74, 6) is -0.461. The summed E-state index contributed by atoms with van der Waals surface area (Å²) < 4.78 is 0. The Morgan fingerprint density at radius 2 is 1.87 bits per heavy atom. The van der Waals surface area contributed by atoms with Crippen LogP contribution in [-0.2, 0) is 0 Å². The molecule has 8 heteroatoms. The summed E-state index contributed by atoms with van der Waals surface area (Å²) in [6, 6.07) is 10.5. The normalized spacial score (nSPS) is 10.0. The molecule has 2 rings (SSSR count). The largest absolute Gasteiger partial charge is 0.332 e. The summed E-state index contributed by atoms with van der Waals surface area (Å²) in [6.45, 7) is 1.87. The maximum absolute atomic E-state index is 12.0. The Bertz CT molecular complexity index is 778. The van der Waals surface area contributed by atoms with Gasteiger partial charge in [0.25, 0.3) is 11.6 Å². The van der Waals surface area contributed by atoms with Gasteiger partial charge in [0.15, 0.2) is 5.11 Å². The molecule has 0 aliphatic carbocycles. The number of benzene rings is 2. The maximum Gasteiger partial charge on any atom is 0.269 e. The summed E-state index contributed by atoms with van der Waals surface area (Å²) in [5.41, 5.74) is 1.78. The van der Waals surface area contributed by atoms with Gasteiger partial charge in [-0.1, -0.05) is 17.7 Å². The number of carbonyl (C=O) groups is 1. The predicted octanol–water partition coefficient (Wildman–Crippen LogP) is 3.68. The quantitative estimate of drug-likeness (QED) is 0.501. The second-order valence-electron chi connectivity index (χ2n) is 4.67. The molecular formula is C15H12ClN3O3S. The topological polar surface area (TPSA) is 84.3 Å². The first-order valence-electron chi connectivity index (χ1n) is 6.50. The monoisotopic (exact) mass is 349 g/mol. The number of non-ortho nitro benzene ring substituents is 1. The van der Waals surface area contributed by atoms with Crippen molar-refractivity contribution in [3.63, 3.8) is 0 Å². The van der Waals surface area contributed by atoms with Gasteiger partial charge in [-0.25, -0.2) is 0 Å². The molecular weight excluding hydrogens is 338 g/mol. The number of hydrogen-bond acceptors (Lipinski definition) is 4. The highest BCUT2D eigenvalue weighted by molar-refractivity contribution is 7.80. The minimum absolute atomic E-state index is 0.0863. The number of nitro benzene ring substituents is 1. The van der Waals surface area contributed by atoms with Gasteiger partial charge >= 0.3 is 0 Å². The molecule has 1 amide bonds. The van der Waals surface area contributed by atoms with Crippen molar-refractivity contribution in [3.8, 4) is 0 Å². The first kappa shape index (κ1) is 16.9. The van der Waals surface area contributed by atoms with Crippen LogP contribution in [-0.4, -0.2) is 15.9 Å². The van der Waals surface area contributed by atoms with Gasteiger partial charge in [0.05, 0.1) is 4.92 Å². The number of anilines is 1. The third-order valence-corrected chi connectivity index (χ3v) is 3.45. The molecule has 23 heavy (non-hydrogen) atoms. The number of rotatable bonds is 3. The first-order valence-corrected chi connectivity index (χ1v) is 7.28. The maximum atomic E-state index is 12.0. The molecule has 0 saturated carbocycles. The van der Waals surface area contributed by atoms with Crippen molar-refractivity contribution in [1.82, 2.24) is 5.32 Å². The molecule has 0 fully saturated rings. The standard InChI is InChI=1S/C15H12ClN3O3S/c1-9-2-5-11(16)8-13(9)17-15(23)18-14(20)10-3-6-12(7-4-10)19(21)22/h2-8H,1H3,(H2,17,18,20,23). The van der Waals surface area contributed by atoms with Crippen LogP contribution in [0.3, 0.4) is 0 Å². The number of nitrogens with one attached hydrogen (secondary N) is 2. The zero-order valence-electron chi connectivity index (χ0n) is 12.0. The van der Waals surface area contributed by atoms with E-state index in [9.17, 15) is 14.9 Å². The van der Waals surface area contributed by atoms with Gasteiger partial charge in [0.2, 0.25) is 0 Å². The molecule has 0 bridgehead atoms. The lowest BCUT2D eigenvalue weighted by molar-refractivity contribution is -0.384. The second-order valence-corrected chi connectivity index (χ2v) is 5.52. The van der Waals surface area contributed by atoms with Crippen LogP contribution in [0.1, 0.15) is 15.9 Å². The van der Waals surface area contributed by atoms with E-state index in [0.717, 1.165) is 5.56 Å². The highest BCUT2D eigenvalue weighted by Crippen LogP contribution is 2.20. The second kappa shape index (κ2) is 7.17. The Labute approximate surface area is 142 Å². The SMILES string of the molecule is Cc1ccc(Cl)cc1NC(=S)NC(=O)c1ccc([N+](=O)[O-])cc1. The van der Waals surface area contributed by atoms with Crippen molar-refractivity contribution in [2.45, 2.75) is 6.92 Å². The molecule has 0 aliphatic heterocycles. The van der Waals surface area contributed by atoms with Crippen molar-refractivity contribution in [2.75, 3.05) is 5.32 Å². The number of hydrogen-bond donors (Lipinski definition) is 2. The first-order chi connectivity index (χ1) is 10.9.